The average Bonchev–Trinajstić information content (AvgIpc) is 3.09. The zero-order chi connectivity index (χ0) is 21.0. The van der Waals surface area contributed by atoms with Crippen LogP contribution in [-0.2, 0) is 4.79 Å². The molecule has 2 aromatic carbocycles. The van der Waals surface area contributed by atoms with Gasteiger partial charge in [0.25, 0.3) is 11.8 Å². The fourth-order valence-electron chi connectivity index (χ4n) is 2.47. The van der Waals surface area contributed by atoms with E-state index in [0.29, 0.717) is 21.3 Å². The maximum atomic E-state index is 13.1. The molecule has 0 aliphatic rings. The van der Waals surface area contributed by atoms with Gasteiger partial charge in [-0.2, -0.15) is 0 Å². The van der Waals surface area contributed by atoms with Crippen molar-refractivity contribution >= 4 is 34.8 Å². The number of rotatable bonds is 6. The first-order valence-corrected chi connectivity index (χ1v) is 9.30. The first-order chi connectivity index (χ1) is 13.8. The third-order valence-electron chi connectivity index (χ3n) is 3.90. The second-order valence-corrected chi connectivity index (χ2v) is 7.05. The molecule has 1 heterocycles. The van der Waals surface area contributed by atoms with Gasteiger partial charge in [0.05, 0.1) is 5.69 Å². The molecule has 7 nitrogen and oxygen atoms in total. The number of aromatic nitrogens is 1. The lowest BCUT2D eigenvalue weighted by Gasteiger charge is -2.06. The highest BCUT2D eigenvalue weighted by Gasteiger charge is 2.17. The van der Waals surface area contributed by atoms with Crippen molar-refractivity contribution in [2.45, 2.75) is 6.92 Å². The summed E-state index contributed by atoms with van der Waals surface area (Å²) in [5.74, 6) is -2.36. The van der Waals surface area contributed by atoms with Crippen LogP contribution in [0.2, 0.25) is 0 Å². The number of carboxylic acid groups (broad SMARTS) is 1. The van der Waals surface area contributed by atoms with Gasteiger partial charge in [-0.3, -0.25) is 14.4 Å². The largest absolute Gasteiger partial charge is 0.480 e. The monoisotopic (exact) mass is 413 g/mol. The summed E-state index contributed by atoms with van der Waals surface area (Å²) < 4.78 is 13.1. The number of nitrogens with zero attached hydrogens (tertiary/aromatic N) is 1. The Labute approximate surface area is 169 Å². The first-order valence-electron chi connectivity index (χ1n) is 8.48. The summed E-state index contributed by atoms with van der Waals surface area (Å²) in [5, 5.41) is 14.2. The van der Waals surface area contributed by atoms with Crippen molar-refractivity contribution in [1.82, 2.24) is 10.3 Å². The molecule has 0 bridgehead atoms. The van der Waals surface area contributed by atoms with Gasteiger partial charge < -0.3 is 15.7 Å². The van der Waals surface area contributed by atoms with Crippen LogP contribution in [0.15, 0.2) is 48.5 Å². The maximum absolute atomic E-state index is 13.1. The predicted octanol–water partition coefficient (Wildman–Crippen LogP) is 3.32. The van der Waals surface area contributed by atoms with E-state index < -0.39 is 18.4 Å². The SMILES string of the molecule is Cc1nc(-c2ccc(F)cc2)sc1C(=O)Nc1ccc(C(=O)NCC(=O)O)cc1. The first kappa shape index (κ1) is 20.2. The third kappa shape index (κ3) is 5.02. The Balaban J connectivity index is 1.69. The van der Waals surface area contributed by atoms with Gasteiger partial charge in [0.1, 0.15) is 22.2 Å². The molecule has 0 radical (unpaired) electrons. The molecule has 0 atom stereocenters. The van der Waals surface area contributed by atoms with Gasteiger partial charge in [0.2, 0.25) is 0 Å². The molecular formula is C20H16FN3O4S. The molecule has 3 rings (SSSR count). The second kappa shape index (κ2) is 8.61. The number of thiazole rings is 1. The highest BCUT2D eigenvalue weighted by molar-refractivity contribution is 7.17. The topological polar surface area (TPSA) is 108 Å². The van der Waals surface area contributed by atoms with Crippen LogP contribution >= 0.6 is 11.3 Å². The van der Waals surface area contributed by atoms with E-state index in [1.165, 1.54) is 35.6 Å². The van der Waals surface area contributed by atoms with Gasteiger partial charge in [0, 0.05) is 16.8 Å². The number of amides is 2. The molecular weight excluding hydrogens is 397 g/mol. The Morgan fingerprint density at radius 2 is 1.69 bits per heavy atom. The molecule has 3 aromatic rings. The van der Waals surface area contributed by atoms with Crippen molar-refractivity contribution in [3.8, 4) is 10.6 Å². The molecule has 0 aliphatic heterocycles. The van der Waals surface area contributed by atoms with Gasteiger partial charge in [-0.15, -0.1) is 11.3 Å². The summed E-state index contributed by atoms with van der Waals surface area (Å²) in [4.78, 5) is 39.7. The minimum atomic E-state index is -1.14. The maximum Gasteiger partial charge on any atom is 0.322 e. The number of hydrogen-bond acceptors (Lipinski definition) is 5. The Bertz CT molecular complexity index is 1060. The van der Waals surface area contributed by atoms with Crippen LogP contribution in [0, 0.1) is 12.7 Å². The Kier molecular flexibility index (Phi) is 5.99. The minimum Gasteiger partial charge on any atom is -0.480 e. The minimum absolute atomic E-state index is 0.275. The molecule has 29 heavy (non-hydrogen) atoms. The van der Waals surface area contributed by atoms with Crippen LogP contribution in [0.3, 0.4) is 0 Å². The molecule has 0 spiro atoms. The Morgan fingerprint density at radius 1 is 1.03 bits per heavy atom. The summed E-state index contributed by atoms with van der Waals surface area (Å²) in [6.07, 6.45) is 0. The lowest BCUT2D eigenvalue weighted by atomic mass is 10.2. The Morgan fingerprint density at radius 3 is 2.31 bits per heavy atom. The summed E-state index contributed by atoms with van der Waals surface area (Å²) in [7, 11) is 0. The van der Waals surface area contributed by atoms with E-state index in [1.54, 1.807) is 31.2 Å². The number of benzene rings is 2. The highest BCUT2D eigenvalue weighted by atomic mass is 32.1. The number of carboxylic acids is 1. The van der Waals surface area contributed by atoms with Crippen molar-refractivity contribution < 1.29 is 23.9 Å². The molecule has 0 unspecified atom stereocenters. The molecule has 0 saturated heterocycles. The number of carbonyl (C=O) groups is 3. The molecule has 3 N–H and O–H groups in total. The molecule has 2 amide bonds. The fourth-order valence-corrected chi connectivity index (χ4v) is 3.44. The van der Waals surface area contributed by atoms with Crippen molar-refractivity contribution in [1.29, 1.82) is 0 Å². The smallest absolute Gasteiger partial charge is 0.322 e. The molecule has 0 fully saturated rings. The predicted molar refractivity (Wildman–Crippen MR) is 107 cm³/mol. The highest BCUT2D eigenvalue weighted by Crippen LogP contribution is 2.28. The normalized spacial score (nSPS) is 10.4. The summed E-state index contributed by atoms with van der Waals surface area (Å²) in [5.41, 5.74) is 2.02. The molecule has 9 heteroatoms. The van der Waals surface area contributed by atoms with E-state index in [4.69, 9.17) is 5.11 Å². The van der Waals surface area contributed by atoms with E-state index >= 15 is 0 Å². The van der Waals surface area contributed by atoms with Gasteiger partial charge in [-0.05, 0) is 55.5 Å². The summed E-state index contributed by atoms with van der Waals surface area (Å²) in [6.45, 7) is 1.24. The summed E-state index contributed by atoms with van der Waals surface area (Å²) in [6, 6.07) is 11.9. The number of hydrogen-bond donors (Lipinski definition) is 3. The van der Waals surface area contributed by atoms with Crippen molar-refractivity contribution in [2.75, 3.05) is 11.9 Å². The summed E-state index contributed by atoms with van der Waals surface area (Å²) >= 11 is 1.20. The van der Waals surface area contributed by atoms with Crippen LogP contribution in [0.1, 0.15) is 25.7 Å². The van der Waals surface area contributed by atoms with E-state index in [0.717, 1.165) is 5.56 Å². The molecule has 0 saturated carbocycles. The number of carbonyl (C=O) groups excluding carboxylic acids is 2. The van der Waals surface area contributed by atoms with E-state index in [-0.39, 0.29) is 17.3 Å². The van der Waals surface area contributed by atoms with Gasteiger partial charge in [-0.1, -0.05) is 0 Å². The van der Waals surface area contributed by atoms with Gasteiger partial charge in [-0.25, -0.2) is 9.37 Å². The quantitative estimate of drug-likeness (QED) is 0.574. The van der Waals surface area contributed by atoms with E-state index in [2.05, 4.69) is 15.6 Å². The third-order valence-corrected chi connectivity index (χ3v) is 5.10. The standard InChI is InChI=1S/C20H16FN3O4S/c1-11-17(29-20(23-11)13-2-6-14(21)7-3-13)19(28)24-15-8-4-12(5-9-15)18(27)22-10-16(25)26/h2-9H,10H2,1H3,(H,22,27)(H,24,28)(H,25,26). The zero-order valence-corrected chi connectivity index (χ0v) is 16.0. The fraction of sp³-hybridized carbons (Fsp3) is 0.100. The van der Waals surface area contributed by atoms with Crippen LogP contribution in [-0.4, -0.2) is 34.4 Å². The zero-order valence-electron chi connectivity index (χ0n) is 15.2. The Hall–Kier alpha value is -3.59. The van der Waals surface area contributed by atoms with E-state index in [9.17, 15) is 18.8 Å². The van der Waals surface area contributed by atoms with Crippen LogP contribution < -0.4 is 10.6 Å². The van der Waals surface area contributed by atoms with Crippen LogP contribution in [0.25, 0.3) is 10.6 Å². The number of halogens is 1. The lowest BCUT2D eigenvalue weighted by Crippen LogP contribution is -2.29. The number of aryl methyl sites for hydroxylation is 1. The number of aliphatic carboxylic acids is 1. The van der Waals surface area contributed by atoms with Crippen molar-refractivity contribution in [3.05, 3.63) is 70.5 Å². The average molecular weight is 413 g/mol. The van der Waals surface area contributed by atoms with Crippen LogP contribution in [0.5, 0.6) is 0 Å². The van der Waals surface area contributed by atoms with Crippen molar-refractivity contribution in [3.63, 3.8) is 0 Å². The molecule has 0 aliphatic carbocycles. The van der Waals surface area contributed by atoms with E-state index in [1.807, 2.05) is 0 Å². The van der Waals surface area contributed by atoms with Crippen molar-refractivity contribution in [2.24, 2.45) is 0 Å². The van der Waals surface area contributed by atoms with Gasteiger partial charge in [0.15, 0.2) is 0 Å². The number of nitrogens with one attached hydrogen (secondary N) is 2. The molecule has 148 valence electrons. The molecule has 1 aromatic heterocycles. The van der Waals surface area contributed by atoms with Gasteiger partial charge >= 0.3 is 5.97 Å². The van der Waals surface area contributed by atoms with Crippen LogP contribution in [0.4, 0.5) is 10.1 Å². The number of anilines is 1. The lowest BCUT2D eigenvalue weighted by molar-refractivity contribution is -0.135. The second-order valence-electron chi connectivity index (χ2n) is 6.05.